The summed E-state index contributed by atoms with van der Waals surface area (Å²) in [6.45, 7) is 0. The quantitative estimate of drug-likeness (QED) is 0.670. The average molecular weight is 161 g/mol. The van der Waals surface area contributed by atoms with Gasteiger partial charge < -0.3 is 5.73 Å². The minimum absolute atomic E-state index is 0.0882. The van der Waals surface area contributed by atoms with Gasteiger partial charge in [-0.25, -0.2) is 0 Å². The molecule has 0 saturated heterocycles. The highest BCUT2D eigenvalue weighted by Gasteiger charge is 2.04. The molecule has 1 aromatic heterocycles. The molecule has 12 heavy (non-hydrogen) atoms. The Balaban J connectivity index is 2.55. The minimum Gasteiger partial charge on any atom is -0.323 e. The van der Waals surface area contributed by atoms with Gasteiger partial charge in [0.25, 0.3) is 0 Å². The molecule has 0 aliphatic heterocycles. The Hall–Kier alpha value is -1.40. The lowest BCUT2D eigenvalue weighted by atomic mass is 10.1. The molecule has 0 spiro atoms. The summed E-state index contributed by atoms with van der Waals surface area (Å²) in [4.78, 5) is 8.00. The van der Waals surface area contributed by atoms with Crippen molar-refractivity contribution in [2.45, 2.75) is 18.9 Å². The van der Waals surface area contributed by atoms with Gasteiger partial charge in [-0.05, 0) is 6.42 Å². The lowest BCUT2D eigenvalue weighted by Gasteiger charge is -2.06. The van der Waals surface area contributed by atoms with E-state index in [-0.39, 0.29) is 6.04 Å². The maximum Gasteiger partial charge on any atom is 0.0754 e. The van der Waals surface area contributed by atoms with Crippen LogP contribution >= 0.6 is 0 Å². The standard InChI is InChI=1S/C9H11N3/c1-2-3-4-8(10)9-7-11-5-6-12-9/h1,5-8H,3-4,10H2. The smallest absolute Gasteiger partial charge is 0.0754 e. The predicted molar refractivity (Wildman–Crippen MR) is 47.0 cm³/mol. The van der Waals surface area contributed by atoms with E-state index >= 15 is 0 Å². The molecule has 2 N–H and O–H groups in total. The van der Waals surface area contributed by atoms with Crippen molar-refractivity contribution in [3.63, 3.8) is 0 Å². The number of rotatable bonds is 3. The molecule has 1 heterocycles. The van der Waals surface area contributed by atoms with E-state index in [0.717, 1.165) is 12.1 Å². The zero-order valence-electron chi connectivity index (χ0n) is 6.77. The van der Waals surface area contributed by atoms with Crippen molar-refractivity contribution in [2.75, 3.05) is 0 Å². The molecule has 3 nitrogen and oxygen atoms in total. The summed E-state index contributed by atoms with van der Waals surface area (Å²) in [5.41, 5.74) is 6.58. The molecule has 0 aliphatic carbocycles. The Morgan fingerprint density at radius 3 is 3.00 bits per heavy atom. The molecule has 0 aliphatic rings. The first kappa shape index (κ1) is 8.69. The summed E-state index contributed by atoms with van der Waals surface area (Å²) >= 11 is 0. The minimum atomic E-state index is -0.0882. The number of nitrogens with zero attached hydrogens (tertiary/aromatic N) is 2. The summed E-state index contributed by atoms with van der Waals surface area (Å²) in [5.74, 6) is 2.54. The van der Waals surface area contributed by atoms with Crippen molar-refractivity contribution < 1.29 is 0 Å². The van der Waals surface area contributed by atoms with Gasteiger partial charge in [0.2, 0.25) is 0 Å². The second-order valence-corrected chi connectivity index (χ2v) is 2.48. The van der Waals surface area contributed by atoms with Crippen LogP contribution in [0.2, 0.25) is 0 Å². The molecular formula is C9H11N3. The summed E-state index contributed by atoms with van der Waals surface area (Å²) < 4.78 is 0. The van der Waals surface area contributed by atoms with Gasteiger partial charge >= 0.3 is 0 Å². The van der Waals surface area contributed by atoms with E-state index in [1.807, 2.05) is 0 Å². The van der Waals surface area contributed by atoms with E-state index in [0.29, 0.717) is 6.42 Å². The van der Waals surface area contributed by atoms with Crippen LogP contribution in [0, 0.1) is 12.3 Å². The Morgan fingerprint density at radius 1 is 1.58 bits per heavy atom. The monoisotopic (exact) mass is 161 g/mol. The van der Waals surface area contributed by atoms with Crippen LogP contribution in [0.5, 0.6) is 0 Å². The van der Waals surface area contributed by atoms with E-state index in [2.05, 4.69) is 15.9 Å². The molecule has 0 amide bonds. The second-order valence-electron chi connectivity index (χ2n) is 2.48. The molecule has 0 aromatic carbocycles. The van der Waals surface area contributed by atoms with E-state index in [4.69, 9.17) is 12.2 Å². The highest BCUT2D eigenvalue weighted by molar-refractivity contribution is 5.02. The number of terminal acetylenes is 1. The zero-order chi connectivity index (χ0) is 8.81. The van der Waals surface area contributed by atoms with Crippen molar-refractivity contribution in [3.8, 4) is 12.3 Å². The zero-order valence-corrected chi connectivity index (χ0v) is 6.77. The molecule has 0 bridgehead atoms. The van der Waals surface area contributed by atoms with Crippen molar-refractivity contribution in [2.24, 2.45) is 5.73 Å². The van der Waals surface area contributed by atoms with Crippen LogP contribution < -0.4 is 5.73 Å². The van der Waals surface area contributed by atoms with Crippen LogP contribution in [0.15, 0.2) is 18.6 Å². The molecule has 0 radical (unpaired) electrons. The van der Waals surface area contributed by atoms with Gasteiger partial charge in [0.1, 0.15) is 0 Å². The fourth-order valence-corrected chi connectivity index (χ4v) is 0.889. The molecule has 1 rings (SSSR count). The first-order chi connectivity index (χ1) is 5.84. The first-order valence-corrected chi connectivity index (χ1v) is 3.79. The molecule has 1 unspecified atom stereocenters. The molecule has 0 fully saturated rings. The number of hydrogen-bond acceptors (Lipinski definition) is 3. The van der Waals surface area contributed by atoms with Crippen molar-refractivity contribution in [3.05, 3.63) is 24.3 Å². The Bertz CT molecular complexity index is 263. The summed E-state index contributed by atoms with van der Waals surface area (Å²) in [7, 11) is 0. The number of aromatic nitrogens is 2. The fraction of sp³-hybridized carbons (Fsp3) is 0.333. The lowest BCUT2D eigenvalue weighted by Crippen LogP contribution is -2.11. The lowest BCUT2D eigenvalue weighted by molar-refractivity contribution is 0.644. The topological polar surface area (TPSA) is 51.8 Å². The molecule has 0 saturated carbocycles. The molecule has 3 heteroatoms. The van der Waals surface area contributed by atoms with Crippen molar-refractivity contribution in [1.29, 1.82) is 0 Å². The van der Waals surface area contributed by atoms with Gasteiger partial charge in [0.05, 0.1) is 5.69 Å². The highest BCUT2D eigenvalue weighted by atomic mass is 14.8. The maximum atomic E-state index is 5.78. The van der Waals surface area contributed by atoms with Crippen LogP contribution in [0.25, 0.3) is 0 Å². The van der Waals surface area contributed by atoms with E-state index < -0.39 is 0 Å². The van der Waals surface area contributed by atoms with Gasteiger partial charge in [-0.1, -0.05) is 0 Å². The normalized spacial score (nSPS) is 12.0. The van der Waals surface area contributed by atoms with Gasteiger partial charge in [-0.3, -0.25) is 9.97 Å². The number of hydrogen-bond donors (Lipinski definition) is 1. The van der Waals surface area contributed by atoms with Crippen LogP contribution in [0.4, 0.5) is 0 Å². The van der Waals surface area contributed by atoms with Gasteiger partial charge in [0, 0.05) is 31.1 Å². The fourth-order valence-electron chi connectivity index (χ4n) is 0.889. The Labute approximate surface area is 72.0 Å². The summed E-state index contributed by atoms with van der Waals surface area (Å²) in [6, 6.07) is -0.0882. The Kier molecular flexibility index (Phi) is 3.24. The van der Waals surface area contributed by atoms with E-state index in [1.165, 1.54) is 0 Å². The highest BCUT2D eigenvalue weighted by Crippen LogP contribution is 2.10. The third-order valence-electron chi connectivity index (χ3n) is 1.56. The van der Waals surface area contributed by atoms with Crippen LogP contribution in [-0.2, 0) is 0 Å². The third kappa shape index (κ3) is 2.33. The van der Waals surface area contributed by atoms with Crippen LogP contribution in [0.3, 0.4) is 0 Å². The Morgan fingerprint density at radius 2 is 2.42 bits per heavy atom. The van der Waals surface area contributed by atoms with Crippen LogP contribution in [-0.4, -0.2) is 9.97 Å². The SMILES string of the molecule is C#CCCC(N)c1cnccn1. The molecule has 1 atom stereocenters. The summed E-state index contributed by atoms with van der Waals surface area (Å²) in [6.07, 6.45) is 11.5. The molecule has 1 aromatic rings. The van der Waals surface area contributed by atoms with Crippen molar-refractivity contribution in [1.82, 2.24) is 9.97 Å². The van der Waals surface area contributed by atoms with Gasteiger partial charge in [0.15, 0.2) is 0 Å². The first-order valence-electron chi connectivity index (χ1n) is 3.79. The van der Waals surface area contributed by atoms with Gasteiger partial charge in [-0.2, -0.15) is 0 Å². The molecular weight excluding hydrogens is 150 g/mol. The van der Waals surface area contributed by atoms with Crippen molar-refractivity contribution >= 4 is 0 Å². The third-order valence-corrected chi connectivity index (χ3v) is 1.56. The van der Waals surface area contributed by atoms with Gasteiger partial charge in [-0.15, -0.1) is 12.3 Å². The average Bonchev–Trinajstić information content (AvgIpc) is 2.15. The van der Waals surface area contributed by atoms with Crippen LogP contribution in [0.1, 0.15) is 24.6 Å². The molecule has 62 valence electrons. The second kappa shape index (κ2) is 4.47. The van der Waals surface area contributed by atoms with E-state index in [1.54, 1.807) is 18.6 Å². The maximum absolute atomic E-state index is 5.78. The number of nitrogens with two attached hydrogens (primary N) is 1. The summed E-state index contributed by atoms with van der Waals surface area (Å²) in [5, 5.41) is 0. The largest absolute Gasteiger partial charge is 0.323 e. The predicted octanol–water partition coefficient (Wildman–Crippen LogP) is 0.890. The van der Waals surface area contributed by atoms with E-state index in [9.17, 15) is 0 Å².